The van der Waals surface area contributed by atoms with Gasteiger partial charge in [-0.25, -0.2) is 0 Å². The van der Waals surface area contributed by atoms with Crippen molar-refractivity contribution in [2.75, 3.05) is 7.11 Å². The monoisotopic (exact) mass is 450 g/mol. The molecule has 1 aliphatic rings. The van der Waals surface area contributed by atoms with Crippen molar-refractivity contribution < 1.29 is 28.8 Å². The predicted molar refractivity (Wildman–Crippen MR) is 123 cm³/mol. The van der Waals surface area contributed by atoms with Crippen LogP contribution >= 0.6 is 0 Å². The lowest BCUT2D eigenvalue weighted by molar-refractivity contribution is -0.356. The van der Waals surface area contributed by atoms with Gasteiger partial charge >= 0.3 is 0 Å². The van der Waals surface area contributed by atoms with Gasteiger partial charge in [0.1, 0.15) is 18.3 Å². The second-order valence-corrected chi connectivity index (χ2v) is 7.91. The molecule has 1 unspecified atom stereocenters. The van der Waals surface area contributed by atoms with E-state index >= 15 is 0 Å². The molecule has 1 aliphatic heterocycles. The normalized spacial score (nSPS) is 25.1. The van der Waals surface area contributed by atoms with Gasteiger partial charge in [0.15, 0.2) is 12.6 Å². The van der Waals surface area contributed by atoms with E-state index in [2.05, 4.69) is 0 Å². The van der Waals surface area contributed by atoms with Crippen LogP contribution in [0.2, 0.25) is 0 Å². The maximum absolute atomic E-state index is 10.8. The summed E-state index contributed by atoms with van der Waals surface area (Å²) in [4.78, 5) is 0. The maximum atomic E-state index is 10.8. The van der Waals surface area contributed by atoms with Gasteiger partial charge in [-0.1, -0.05) is 91.0 Å². The topological polar surface area (TPSA) is 66.4 Å². The van der Waals surface area contributed by atoms with Crippen LogP contribution in [0.15, 0.2) is 91.0 Å². The summed E-state index contributed by atoms with van der Waals surface area (Å²) in [5.74, 6) is 0. The zero-order valence-electron chi connectivity index (χ0n) is 18.7. The van der Waals surface area contributed by atoms with Crippen molar-refractivity contribution in [3.8, 4) is 0 Å². The van der Waals surface area contributed by atoms with Crippen LogP contribution in [0, 0.1) is 0 Å². The number of hydrogen-bond acceptors (Lipinski definition) is 6. The number of methoxy groups -OCH3 is 1. The summed E-state index contributed by atoms with van der Waals surface area (Å²) in [5.41, 5.74) is 3.01. The van der Waals surface area contributed by atoms with Gasteiger partial charge in [0.2, 0.25) is 0 Å². The molecule has 1 heterocycles. The van der Waals surface area contributed by atoms with E-state index in [1.54, 1.807) is 0 Å². The summed E-state index contributed by atoms with van der Waals surface area (Å²) in [6.45, 7) is 0.993. The van der Waals surface area contributed by atoms with E-state index in [9.17, 15) is 5.11 Å². The van der Waals surface area contributed by atoms with Crippen molar-refractivity contribution in [2.45, 2.75) is 50.7 Å². The van der Waals surface area contributed by atoms with Gasteiger partial charge < -0.3 is 28.8 Å². The Morgan fingerprint density at radius 2 is 1.00 bits per heavy atom. The first-order valence-electron chi connectivity index (χ1n) is 11.1. The predicted octanol–water partition coefficient (Wildman–Crippen LogP) is 4.06. The smallest absolute Gasteiger partial charge is 0.189 e. The Balaban J connectivity index is 1.53. The molecule has 6 heteroatoms. The van der Waals surface area contributed by atoms with Gasteiger partial charge in [0.25, 0.3) is 0 Å². The average Bonchev–Trinajstić information content (AvgIpc) is 2.87. The van der Waals surface area contributed by atoms with Gasteiger partial charge in [0.05, 0.1) is 19.8 Å². The van der Waals surface area contributed by atoms with E-state index < -0.39 is 30.9 Å². The largest absolute Gasteiger partial charge is 0.368 e. The molecule has 1 saturated heterocycles. The molecule has 0 saturated carbocycles. The molecule has 3 aromatic carbocycles. The third-order valence-electron chi connectivity index (χ3n) is 5.56. The molecule has 3 aromatic rings. The van der Waals surface area contributed by atoms with Crippen LogP contribution in [0.5, 0.6) is 0 Å². The fraction of sp³-hybridized carbons (Fsp3) is 0.333. The molecule has 174 valence electrons. The number of benzene rings is 3. The average molecular weight is 451 g/mol. The third-order valence-corrected chi connectivity index (χ3v) is 5.56. The van der Waals surface area contributed by atoms with Crippen molar-refractivity contribution in [3.05, 3.63) is 108 Å². The molecule has 0 amide bonds. The Labute approximate surface area is 194 Å². The second-order valence-electron chi connectivity index (χ2n) is 7.91. The molecule has 0 spiro atoms. The number of aliphatic hydroxyl groups excluding tert-OH is 1. The first-order chi connectivity index (χ1) is 16.2. The van der Waals surface area contributed by atoms with Crippen LogP contribution in [0.1, 0.15) is 16.7 Å². The van der Waals surface area contributed by atoms with Crippen LogP contribution in [0.4, 0.5) is 0 Å². The van der Waals surface area contributed by atoms with Crippen molar-refractivity contribution in [3.63, 3.8) is 0 Å². The molecule has 6 nitrogen and oxygen atoms in total. The molecule has 0 radical (unpaired) electrons. The van der Waals surface area contributed by atoms with Crippen molar-refractivity contribution in [2.24, 2.45) is 0 Å². The van der Waals surface area contributed by atoms with E-state index in [0.29, 0.717) is 19.8 Å². The van der Waals surface area contributed by atoms with Crippen LogP contribution in [-0.4, -0.2) is 43.1 Å². The van der Waals surface area contributed by atoms with Crippen molar-refractivity contribution in [1.82, 2.24) is 0 Å². The lowest BCUT2D eigenvalue weighted by atomic mass is 10.0. The van der Waals surface area contributed by atoms with Crippen molar-refractivity contribution >= 4 is 0 Å². The van der Waals surface area contributed by atoms with Crippen LogP contribution in [-0.2, 0) is 43.5 Å². The molecular formula is C27H30O6. The van der Waals surface area contributed by atoms with Crippen LogP contribution in [0.25, 0.3) is 0 Å². The number of ether oxygens (including phenoxy) is 5. The van der Waals surface area contributed by atoms with Gasteiger partial charge in [0, 0.05) is 7.11 Å². The van der Waals surface area contributed by atoms with Gasteiger partial charge in [-0.15, -0.1) is 0 Å². The van der Waals surface area contributed by atoms with Gasteiger partial charge in [-0.3, -0.25) is 0 Å². The minimum Gasteiger partial charge on any atom is -0.368 e. The molecule has 4 rings (SSSR count). The molecule has 5 atom stereocenters. The highest BCUT2D eigenvalue weighted by Crippen LogP contribution is 2.29. The maximum Gasteiger partial charge on any atom is 0.189 e. The quantitative estimate of drug-likeness (QED) is 0.503. The number of rotatable bonds is 10. The minimum atomic E-state index is -1.23. The fourth-order valence-electron chi connectivity index (χ4n) is 3.83. The van der Waals surface area contributed by atoms with Crippen LogP contribution in [0.3, 0.4) is 0 Å². The fourth-order valence-corrected chi connectivity index (χ4v) is 3.83. The highest BCUT2D eigenvalue weighted by molar-refractivity contribution is 5.15. The summed E-state index contributed by atoms with van der Waals surface area (Å²) in [6.07, 6.45) is -4.02. The summed E-state index contributed by atoms with van der Waals surface area (Å²) in [5, 5.41) is 10.8. The minimum absolute atomic E-state index is 0.306. The van der Waals surface area contributed by atoms with Gasteiger partial charge in [-0.05, 0) is 16.7 Å². The zero-order chi connectivity index (χ0) is 22.9. The van der Waals surface area contributed by atoms with E-state index in [1.165, 1.54) is 7.11 Å². The Morgan fingerprint density at radius 3 is 1.42 bits per heavy atom. The van der Waals surface area contributed by atoms with Gasteiger partial charge in [-0.2, -0.15) is 0 Å². The second kappa shape index (κ2) is 12.0. The Hall–Kier alpha value is -2.58. The molecule has 1 fully saturated rings. The summed E-state index contributed by atoms with van der Waals surface area (Å²) in [6, 6.07) is 29.5. The highest BCUT2D eigenvalue weighted by atomic mass is 16.8. The molecular weight excluding hydrogens is 420 g/mol. The molecule has 33 heavy (non-hydrogen) atoms. The summed E-state index contributed by atoms with van der Waals surface area (Å²) in [7, 11) is 1.52. The molecule has 1 N–H and O–H groups in total. The summed E-state index contributed by atoms with van der Waals surface area (Å²) >= 11 is 0. The molecule has 0 bridgehead atoms. The first kappa shape index (κ1) is 23.6. The molecule has 0 aliphatic carbocycles. The highest BCUT2D eigenvalue weighted by Gasteiger charge is 2.48. The standard InChI is InChI=1S/C27H30O6/c1-29-27-25(32-19-22-15-9-4-10-16-22)23(30-17-20-11-5-2-6-12-20)24(26(28)33-27)31-18-21-13-7-3-8-14-21/h2-16,23-28H,17-19H2,1H3/t23-,24-,25+,26?,27-/m1/s1. The number of hydrogen-bond donors (Lipinski definition) is 1. The Bertz CT molecular complexity index is 937. The van der Waals surface area contributed by atoms with Crippen molar-refractivity contribution in [1.29, 1.82) is 0 Å². The van der Waals surface area contributed by atoms with E-state index in [1.807, 2.05) is 91.0 Å². The van der Waals surface area contributed by atoms with E-state index in [0.717, 1.165) is 16.7 Å². The van der Waals surface area contributed by atoms with E-state index in [-0.39, 0.29) is 0 Å². The molecule has 0 aromatic heterocycles. The SMILES string of the molecule is CO[C@@H]1OC(O)[C@H](OCc2ccccc2)[C@@H](OCc2ccccc2)[C@@H]1OCc1ccccc1. The zero-order valence-corrected chi connectivity index (χ0v) is 18.7. The number of aliphatic hydroxyl groups is 1. The lowest BCUT2D eigenvalue weighted by Gasteiger charge is -2.43. The lowest BCUT2D eigenvalue weighted by Crippen LogP contribution is -2.60. The van der Waals surface area contributed by atoms with E-state index in [4.69, 9.17) is 23.7 Å². The van der Waals surface area contributed by atoms with Crippen LogP contribution < -0.4 is 0 Å². The first-order valence-corrected chi connectivity index (χ1v) is 11.1. The third kappa shape index (κ3) is 6.48. The Kier molecular flexibility index (Phi) is 8.60. The Morgan fingerprint density at radius 1 is 0.606 bits per heavy atom. The summed E-state index contributed by atoms with van der Waals surface area (Å²) < 4.78 is 29.9.